The van der Waals surface area contributed by atoms with E-state index in [1.807, 2.05) is 0 Å². The molecule has 1 aliphatic rings. The molecule has 1 rings (SSSR count). The van der Waals surface area contributed by atoms with E-state index in [-0.39, 0.29) is 17.9 Å². The van der Waals surface area contributed by atoms with Gasteiger partial charge in [0.15, 0.2) is 0 Å². The number of nitrogens with two attached hydrogens (primary N) is 1. The van der Waals surface area contributed by atoms with Crippen LogP contribution in [0.1, 0.15) is 19.8 Å². The Labute approximate surface area is 78.4 Å². The third-order valence-electron chi connectivity index (χ3n) is 2.27. The van der Waals surface area contributed by atoms with Crippen molar-refractivity contribution in [3.05, 3.63) is 0 Å². The third-order valence-corrected chi connectivity index (χ3v) is 2.27. The van der Waals surface area contributed by atoms with Crippen molar-refractivity contribution in [1.29, 1.82) is 0 Å². The van der Waals surface area contributed by atoms with Gasteiger partial charge in [0, 0.05) is 19.3 Å². The standard InChI is InChI=1S/C9H17NO3/c1-2-13-9(11)7-3-5-12-6-4-8(7)10/h7-8H,2-6,10H2,1H3. The fourth-order valence-electron chi connectivity index (χ4n) is 1.49. The van der Waals surface area contributed by atoms with Crippen LogP contribution in [0, 0.1) is 5.92 Å². The number of hydrogen-bond acceptors (Lipinski definition) is 4. The van der Waals surface area contributed by atoms with E-state index in [4.69, 9.17) is 15.2 Å². The first-order valence-electron chi connectivity index (χ1n) is 4.75. The van der Waals surface area contributed by atoms with Crippen molar-refractivity contribution in [2.24, 2.45) is 11.7 Å². The van der Waals surface area contributed by atoms with E-state index >= 15 is 0 Å². The van der Waals surface area contributed by atoms with Gasteiger partial charge in [-0.25, -0.2) is 0 Å². The summed E-state index contributed by atoms with van der Waals surface area (Å²) in [6.45, 7) is 3.48. The van der Waals surface area contributed by atoms with Gasteiger partial charge in [-0.3, -0.25) is 4.79 Å². The number of rotatable bonds is 2. The Morgan fingerprint density at radius 3 is 2.92 bits per heavy atom. The Hall–Kier alpha value is -0.610. The van der Waals surface area contributed by atoms with Crippen LogP contribution in [0.25, 0.3) is 0 Å². The molecule has 1 saturated heterocycles. The average molecular weight is 187 g/mol. The summed E-state index contributed by atoms with van der Waals surface area (Å²) in [7, 11) is 0. The molecule has 0 spiro atoms. The number of carbonyl (C=O) groups is 1. The van der Waals surface area contributed by atoms with Crippen molar-refractivity contribution in [2.75, 3.05) is 19.8 Å². The fourth-order valence-corrected chi connectivity index (χ4v) is 1.49. The summed E-state index contributed by atoms with van der Waals surface area (Å²) < 4.78 is 10.2. The number of ether oxygens (including phenoxy) is 2. The molecule has 1 heterocycles. The van der Waals surface area contributed by atoms with E-state index in [9.17, 15) is 4.79 Å². The van der Waals surface area contributed by atoms with Gasteiger partial charge in [0.25, 0.3) is 0 Å². The van der Waals surface area contributed by atoms with Gasteiger partial charge in [0.2, 0.25) is 0 Å². The first-order chi connectivity index (χ1) is 6.25. The molecular formula is C9H17NO3. The number of carbonyl (C=O) groups excluding carboxylic acids is 1. The topological polar surface area (TPSA) is 61.5 Å². The van der Waals surface area contributed by atoms with Crippen LogP contribution in [-0.4, -0.2) is 31.8 Å². The van der Waals surface area contributed by atoms with Crippen LogP contribution in [0.5, 0.6) is 0 Å². The molecule has 0 aromatic carbocycles. The van der Waals surface area contributed by atoms with E-state index in [1.54, 1.807) is 6.92 Å². The normalized spacial score (nSPS) is 29.4. The maximum absolute atomic E-state index is 11.4. The first kappa shape index (κ1) is 10.5. The molecule has 0 amide bonds. The van der Waals surface area contributed by atoms with Crippen molar-refractivity contribution >= 4 is 5.97 Å². The Morgan fingerprint density at radius 2 is 2.23 bits per heavy atom. The van der Waals surface area contributed by atoms with Gasteiger partial charge >= 0.3 is 5.97 Å². The van der Waals surface area contributed by atoms with Crippen LogP contribution in [0.2, 0.25) is 0 Å². The van der Waals surface area contributed by atoms with Gasteiger partial charge in [0.05, 0.1) is 12.5 Å². The predicted molar refractivity (Wildman–Crippen MR) is 48.2 cm³/mol. The Bertz CT molecular complexity index is 172. The molecule has 13 heavy (non-hydrogen) atoms. The highest BCUT2D eigenvalue weighted by atomic mass is 16.5. The van der Waals surface area contributed by atoms with E-state index in [1.165, 1.54) is 0 Å². The van der Waals surface area contributed by atoms with E-state index in [0.29, 0.717) is 26.2 Å². The molecule has 4 nitrogen and oxygen atoms in total. The second-order valence-corrected chi connectivity index (χ2v) is 3.21. The maximum atomic E-state index is 11.4. The summed E-state index contributed by atoms with van der Waals surface area (Å²) in [5, 5.41) is 0. The molecule has 0 aliphatic carbocycles. The Morgan fingerprint density at radius 1 is 1.54 bits per heavy atom. The summed E-state index contributed by atoms with van der Waals surface area (Å²) >= 11 is 0. The minimum atomic E-state index is -0.180. The molecule has 2 N–H and O–H groups in total. The lowest BCUT2D eigenvalue weighted by Crippen LogP contribution is -2.36. The van der Waals surface area contributed by atoms with Crippen LogP contribution in [0.15, 0.2) is 0 Å². The molecule has 0 saturated carbocycles. The number of hydrogen-bond donors (Lipinski definition) is 1. The molecule has 4 heteroatoms. The van der Waals surface area contributed by atoms with Gasteiger partial charge in [-0.1, -0.05) is 0 Å². The second kappa shape index (κ2) is 5.19. The zero-order valence-electron chi connectivity index (χ0n) is 7.99. The van der Waals surface area contributed by atoms with Crippen molar-refractivity contribution in [1.82, 2.24) is 0 Å². The zero-order chi connectivity index (χ0) is 9.68. The molecule has 1 aliphatic heterocycles. The molecule has 76 valence electrons. The van der Waals surface area contributed by atoms with Crippen LogP contribution in [0.3, 0.4) is 0 Å². The molecule has 0 bridgehead atoms. The smallest absolute Gasteiger partial charge is 0.310 e. The summed E-state index contributed by atoms with van der Waals surface area (Å²) in [4.78, 5) is 11.4. The van der Waals surface area contributed by atoms with Crippen molar-refractivity contribution < 1.29 is 14.3 Å². The lowest BCUT2D eigenvalue weighted by atomic mass is 9.96. The number of esters is 1. The van der Waals surface area contributed by atoms with Gasteiger partial charge < -0.3 is 15.2 Å². The van der Waals surface area contributed by atoms with Crippen molar-refractivity contribution in [3.63, 3.8) is 0 Å². The van der Waals surface area contributed by atoms with E-state index in [0.717, 1.165) is 6.42 Å². The molecule has 0 aromatic heterocycles. The van der Waals surface area contributed by atoms with E-state index < -0.39 is 0 Å². The van der Waals surface area contributed by atoms with Crippen LogP contribution in [0.4, 0.5) is 0 Å². The highest BCUT2D eigenvalue weighted by Crippen LogP contribution is 2.16. The van der Waals surface area contributed by atoms with Crippen molar-refractivity contribution in [3.8, 4) is 0 Å². The van der Waals surface area contributed by atoms with Crippen LogP contribution in [-0.2, 0) is 14.3 Å². The second-order valence-electron chi connectivity index (χ2n) is 3.21. The lowest BCUT2D eigenvalue weighted by Gasteiger charge is -2.18. The summed E-state index contributed by atoms with van der Waals surface area (Å²) in [6.07, 6.45) is 1.42. The molecule has 2 unspecified atom stereocenters. The first-order valence-corrected chi connectivity index (χ1v) is 4.75. The third kappa shape index (κ3) is 2.97. The van der Waals surface area contributed by atoms with Gasteiger partial charge in [-0.2, -0.15) is 0 Å². The maximum Gasteiger partial charge on any atom is 0.310 e. The van der Waals surface area contributed by atoms with Crippen LogP contribution < -0.4 is 5.73 Å². The Balaban J connectivity index is 2.48. The summed E-state index contributed by atoms with van der Waals surface area (Å²) in [5.74, 6) is -0.358. The predicted octanol–water partition coefficient (Wildman–Crippen LogP) is 0.303. The lowest BCUT2D eigenvalue weighted by molar-refractivity contribution is -0.149. The van der Waals surface area contributed by atoms with Gasteiger partial charge in [0.1, 0.15) is 0 Å². The minimum absolute atomic E-state index is 0.110. The summed E-state index contributed by atoms with van der Waals surface area (Å²) in [5.41, 5.74) is 5.83. The Kier molecular flexibility index (Phi) is 4.18. The largest absolute Gasteiger partial charge is 0.466 e. The quantitative estimate of drug-likeness (QED) is 0.632. The summed E-state index contributed by atoms with van der Waals surface area (Å²) in [6, 6.07) is -0.110. The molecule has 2 atom stereocenters. The molecule has 1 fully saturated rings. The highest BCUT2D eigenvalue weighted by molar-refractivity contribution is 5.73. The zero-order valence-corrected chi connectivity index (χ0v) is 7.99. The SMILES string of the molecule is CCOC(=O)C1CCOCCC1N. The van der Waals surface area contributed by atoms with Crippen molar-refractivity contribution in [2.45, 2.75) is 25.8 Å². The minimum Gasteiger partial charge on any atom is -0.466 e. The van der Waals surface area contributed by atoms with E-state index in [2.05, 4.69) is 0 Å². The average Bonchev–Trinajstić information content (AvgIpc) is 2.30. The van der Waals surface area contributed by atoms with Gasteiger partial charge in [-0.15, -0.1) is 0 Å². The molecular weight excluding hydrogens is 170 g/mol. The monoisotopic (exact) mass is 187 g/mol. The highest BCUT2D eigenvalue weighted by Gasteiger charge is 2.28. The van der Waals surface area contributed by atoms with Gasteiger partial charge in [-0.05, 0) is 19.8 Å². The van der Waals surface area contributed by atoms with Crippen LogP contribution >= 0.6 is 0 Å². The fraction of sp³-hybridized carbons (Fsp3) is 0.889. The molecule has 0 radical (unpaired) electrons. The molecule has 0 aromatic rings.